The number of nitrogens with one attached hydrogen (secondary N) is 1. The number of nitrogens with zero attached hydrogens (tertiary/aromatic N) is 4. The Balaban J connectivity index is 1.90. The molecule has 0 aromatic carbocycles. The second kappa shape index (κ2) is 10.6. The van der Waals surface area contributed by atoms with Crippen LogP contribution in [-0.2, 0) is 17.7 Å². The lowest BCUT2D eigenvalue weighted by Crippen LogP contribution is -2.36. The Morgan fingerprint density at radius 3 is 2.85 bits per heavy atom. The first-order valence-electron chi connectivity index (χ1n) is 8.85. The molecule has 0 saturated heterocycles. The minimum Gasteiger partial charge on any atom is -0.383 e. The largest absolute Gasteiger partial charge is 0.383 e. The lowest BCUT2D eigenvalue weighted by Gasteiger charge is -2.22. The Hall–Kier alpha value is -2.38. The van der Waals surface area contributed by atoms with Crippen molar-refractivity contribution in [3.05, 3.63) is 53.1 Å². The number of carbonyl (C=O) groups is 1. The van der Waals surface area contributed by atoms with Crippen LogP contribution in [0.2, 0.25) is 0 Å². The van der Waals surface area contributed by atoms with E-state index >= 15 is 0 Å². The van der Waals surface area contributed by atoms with Gasteiger partial charge in [-0.25, -0.2) is 0 Å². The number of aryl methyl sites for hydroxylation is 2. The van der Waals surface area contributed by atoms with Crippen LogP contribution in [0.4, 0.5) is 0 Å². The average molecular weight is 357 g/mol. The number of hydrogen-bond donors (Lipinski definition) is 1. The number of carbonyl (C=O) groups excluding carboxylic acids is 1. The van der Waals surface area contributed by atoms with E-state index in [0.717, 1.165) is 37.3 Å². The van der Waals surface area contributed by atoms with Gasteiger partial charge in [-0.2, -0.15) is 10.2 Å². The summed E-state index contributed by atoms with van der Waals surface area (Å²) in [7, 11) is 1.69. The van der Waals surface area contributed by atoms with Crippen LogP contribution in [0, 0.1) is 6.92 Å². The molecule has 2 aromatic heterocycles. The molecule has 0 aliphatic heterocycles. The number of hydrogen-bond acceptors (Lipinski definition) is 6. The van der Waals surface area contributed by atoms with Crippen LogP contribution in [0.15, 0.2) is 30.6 Å². The van der Waals surface area contributed by atoms with Gasteiger partial charge in [-0.1, -0.05) is 13.0 Å². The number of ether oxygens (including phenoxy) is 1. The highest BCUT2D eigenvalue weighted by molar-refractivity contribution is 5.95. The number of aromatic nitrogens is 3. The smallest absolute Gasteiger partial charge is 0.253 e. The van der Waals surface area contributed by atoms with Crippen molar-refractivity contribution >= 4 is 5.91 Å². The second-order valence-corrected chi connectivity index (χ2v) is 6.07. The van der Waals surface area contributed by atoms with Crippen LogP contribution in [0.5, 0.6) is 0 Å². The van der Waals surface area contributed by atoms with Crippen LogP contribution in [0.1, 0.15) is 34.2 Å². The molecular formula is C19H27N5O2. The van der Waals surface area contributed by atoms with Crippen molar-refractivity contribution in [3.63, 3.8) is 0 Å². The van der Waals surface area contributed by atoms with Crippen molar-refractivity contribution in [3.8, 4) is 0 Å². The molecule has 0 aliphatic rings. The van der Waals surface area contributed by atoms with Crippen molar-refractivity contribution < 1.29 is 9.53 Å². The van der Waals surface area contributed by atoms with E-state index in [9.17, 15) is 4.79 Å². The maximum absolute atomic E-state index is 12.5. The molecule has 0 fully saturated rings. The van der Waals surface area contributed by atoms with Gasteiger partial charge in [0.05, 0.1) is 23.6 Å². The topological polar surface area (TPSA) is 80.2 Å². The van der Waals surface area contributed by atoms with Gasteiger partial charge in [0, 0.05) is 45.7 Å². The molecule has 0 saturated carbocycles. The SMILES string of the molecule is CCc1cc(C(=O)NCCN(CCOC)Cc2cccnc2)c(C)nn1. The van der Waals surface area contributed by atoms with Gasteiger partial charge in [0.25, 0.3) is 5.91 Å². The number of pyridine rings is 1. The van der Waals surface area contributed by atoms with Gasteiger partial charge in [-0.3, -0.25) is 14.7 Å². The number of rotatable bonds is 10. The molecule has 0 radical (unpaired) electrons. The second-order valence-electron chi connectivity index (χ2n) is 6.07. The van der Waals surface area contributed by atoms with E-state index in [-0.39, 0.29) is 5.91 Å². The molecule has 0 aliphatic carbocycles. The summed E-state index contributed by atoms with van der Waals surface area (Å²) < 4.78 is 5.19. The van der Waals surface area contributed by atoms with E-state index in [0.29, 0.717) is 24.4 Å². The first-order valence-corrected chi connectivity index (χ1v) is 8.85. The van der Waals surface area contributed by atoms with Crippen LogP contribution in [-0.4, -0.2) is 59.3 Å². The van der Waals surface area contributed by atoms with Crippen molar-refractivity contribution in [1.82, 2.24) is 25.4 Å². The fraction of sp³-hybridized carbons (Fsp3) is 0.474. The maximum atomic E-state index is 12.5. The fourth-order valence-corrected chi connectivity index (χ4v) is 2.56. The van der Waals surface area contributed by atoms with Gasteiger partial charge >= 0.3 is 0 Å². The molecule has 1 amide bonds. The summed E-state index contributed by atoms with van der Waals surface area (Å²) in [5.74, 6) is -0.111. The summed E-state index contributed by atoms with van der Waals surface area (Å²) in [5, 5.41) is 11.1. The van der Waals surface area contributed by atoms with Crippen molar-refractivity contribution in [2.75, 3.05) is 33.4 Å². The average Bonchev–Trinajstić information content (AvgIpc) is 2.67. The Morgan fingerprint density at radius 1 is 1.31 bits per heavy atom. The van der Waals surface area contributed by atoms with Crippen LogP contribution >= 0.6 is 0 Å². The Kier molecular flexibility index (Phi) is 8.11. The zero-order chi connectivity index (χ0) is 18.8. The summed E-state index contributed by atoms with van der Waals surface area (Å²) in [6.45, 7) is 7.26. The van der Waals surface area contributed by atoms with Gasteiger partial charge in [0.1, 0.15) is 0 Å². The number of amides is 1. The maximum Gasteiger partial charge on any atom is 0.253 e. The van der Waals surface area contributed by atoms with E-state index in [1.807, 2.05) is 31.3 Å². The standard InChI is InChI=1S/C19H27N5O2/c1-4-17-12-18(15(2)22-23-17)19(25)21-8-9-24(10-11-26-3)14-16-6-5-7-20-13-16/h5-7,12-13H,4,8-11,14H2,1-3H3,(H,21,25). The van der Waals surface area contributed by atoms with E-state index in [1.165, 1.54) is 0 Å². The third kappa shape index (κ3) is 6.16. The molecule has 140 valence electrons. The quantitative estimate of drug-likeness (QED) is 0.696. The van der Waals surface area contributed by atoms with E-state index in [2.05, 4.69) is 25.4 Å². The molecule has 7 heteroatoms. The fourth-order valence-electron chi connectivity index (χ4n) is 2.56. The predicted molar refractivity (Wildman–Crippen MR) is 99.9 cm³/mol. The predicted octanol–water partition coefficient (Wildman–Crippen LogP) is 1.62. The molecule has 0 atom stereocenters. The summed E-state index contributed by atoms with van der Waals surface area (Å²) in [5.41, 5.74) is 3.19. The summed E-state index contributed by atoms with van der Waals surface area (Å²) >= 11 is 0. The zero-order valence-electron chi connectivity index (χ0n) is 15.7. The first-order chi connectivity index (χ1) is 12.6. The van der Waals surface area contributed by atoms with Gasteiger partial charge < -0.3 is 10.1 Å². The molecule has 2 aromatic rings. The molecular weight excluding hydrogens is 330 g/mol. The van der Waals surface area contributed by atoms with Gasteiger partial charge in [-0.05, 0) is 31.0 Å². The highest BCUT2D eigenvalue weighted by Crippen LogP contribution is 2.07. The molecule has 1 N–H and O–H groups in total. The zero-order valence-corrected chi connectivity index (χ0v) is 15.7. The first kappa shape index (κ1) is 19.9. The Bertz CT molecular complexity index is 694. The number of methoxy groups -OCH3 is 1. The molecule has 7 nitrogen and oxygen atoms in total. The van der Waals surface area contributed by atoms with Crippen molar-refractivity contribution in [1.29, 1.82) is 0 Å². The monoisotopic (exact) mass is 357 g/mol. The van der Waals surface area contributed by atoms with Crippen LogP contribution in [0.25, 0.3) is 0 Å². The highest BCUT2D eigenvalue weighted by Gasteiger charge is 2.12. The lowest BCUT2D eigenvalue weighted by molar-refractivity contribution is 0.0941. The Morgan fingerprint density at radius 2 is 2.15 bits per heavy atom. The molecule has 0 bridgehead atoms. The minimum absolute atomic E-state index is 0.111. The van der Waals surface area contributed by atoms with Gasteiger partial charge in [0.15, 0.2) is 0 Å². The molecule has 0 unspecified atom stereocenters. The van der Waals surface area contributed by atoms with Crippen molar-refractivity contribution in [2.45, 2.75) is 26.8 Å². The third-order valence-corrected chi connectivity index (χ3v) is 4.09. The van der Waals surface area contributed by atoms with Crippen LogP contribution < -0.4 is 5.32 Å². The van der Waals surface area contributed by atoms with Gasteiger partial charge in [-0.15, -0.1) is 0 Å². The molecule has 2 heterocycles. The Labute approximate surface area is 154 Å². The summed E-state index contributed by atoms with van der Waals surface area (Å²) in [6.07, 6.45) is 4.37. The van der Waals surface area contributed by atoms with E-state index in [4.69, 9.17) is 4.74 Å². The van der Waals surface area contributed by atoms with Crippen molar-refractivity contribution in [2.24, 2.45) is 0 Å². The van der Waals surface area contributed by atoms with E-state index in [1.54, 1.807) is 20.2 Å². The summed E-state index contributed by atoms with van der Waals surface area (Å²) in [6, 6.07) is 5.79. The molecule has 2 rings (SSSR count). The normalized spacial score (nSPS) is 10.9. The third-order valence-electron chi connectivity index (χ3n) is 4.09. The minimum atomic E-state index is -0.111. The van der Waals surface area contributed by atoms with E-state index < -0.39 is 0 Å². The van der Waals surface area contributed by atoms with Crippen LogP contribution in [0.3, 0.4) is 0 Å². The van der Waals surface area contributed by atoms with Gasteiger partial charge in [0.2, 0.25) is 0 Å². The highest BCUT2D eigenvalue weighted by atomic mass is 16.5. The molecule has 26 heavy (non-hydrogen) atoms. The summed E-state index contributed by atoms with van der Waals surface area (Å²) in [4.78, 5) is 18.8. The molecule has 0 spiro atoms. The lowest BCUT2D eigenvalue weighted by atomic mass is 10.1.